The average molecular weight is 482 g/mol. The Hall–Kier alpha value is -2.50. The summed E-state index contributed by atoms with van der Waals surface area (Å²) in [6.45, 7) is 2.54. The van der Waals surface area contributed by atoms with Gasteiger partial charge in [-0.05, 0) is 19.8 Å². The third-order valence-corrected chi connectivity index (χ3v) is 5.79. The number of aryl methyl sites for hydroxylation is 2. The van der Waals surface area contributed by atoms with Crippen LogP contribution in [-0.2, 0) is 35.2 Å². The molecule has 1 unspecified atom stereocenters. The van der Waals surface area contributed by atoms with Crippen LogP contribution in [0.25, 0.3) is 11.2 Å². The van der Waals surface area contributed by atoms with E-state index in [-0.39, 0.29) is 30.4 Å². The zero-order chi connectivity index (χ0) is 24.9. The Morgan fingerprint density at radius 3 is 2.35 bits per heavy atom. The van der Waals surface area contributed by atoms with Crippen molar-refractivity contribution in [2.45, 2.75) is 77.3 Å². The molecule has 1 atom stereocenters. The number of rotatable bonds is 17. The zero-order valence-corrected chi connectivity index (χ0v) is 20.6. The molecule has 0 saturated heterocycles. The van der Waals surface area contributed by atoms with Gasteiger partial charge in [-0.2, -0.15) is 0 Å². The highest BCUT2D eigenvalue weighted by Gasteiger charge is 2.14. The number of amides is 1. The standard InChI is InChI=1S/C23H39N5O6/c1-4-33-34-16-18(15-29)25-19(30)13-11-9-7-5-6-8-10-12-14-28-22(31)20-21(24-17-26(20)2)27(3)23(28)32/h17-18,29H,4-16H2,1-3H3,(H,25,30). The first-order valence-electron chi connectivity index (χ1n) is 12.2. The summed E-state index contributed by atoms with van der Waals surface area (Å²) >= 11 is 0. The second-order valence-corrected chi connectivity index (χ2v) is 8.54. The van der Waals surface area contributed by atoms with Crippen molar-refractivity contribution in [2.75, 3.05) is 19.8 Å². The van der Waals surface area contributed by atoms with E-state index in [9.17, 15) is 19.5 Å². The molecule has 0 aliphatic rings. The molecule has 192 valence electrons. The molecule has 2 heterocycles. The quantitative estimate of drug-likeness (QED) is 0.198. The van der Waals surface area contributed by atoms with Crippen molar-refractivity contribution >= 4 is 17.1 Å². The summed E-state index contributed by atoms with van der Waals surface area (Å²) in [7, 11) is 3.39. The largest absolute Gasteiger partial charge is 0.394 e. The van der Waals surface area contributed by atoms with Crippen molar-refractivity contribution in [3.05, 3.63) is 27.2 Å². The summed E-state index contributed by atoms with van der Waals surface area (Å²) in [6, 6.07) is -0.457. The topological polar surface area (TPSA) is 130 Å². The Morgan fingerprint density at radius 1 is 1.06 bits per heavy atom. The molecule has 11 heteroatoms. The minimum absolute atomic E-state index is 0.0927. The van der Waals surface area contributed by atoms with Gasteiger partial charge < -0.3 is 15.0 Å². The molecule has 0 spiro atoms. The molecule has 0 saturated carbocycles. The second kappa shape index (κ2) is 14.7. The van der Waals surface area contributed by atoms with Gasteiger partial charge in [0.25, 0.3) is 5.56 Å². The number of aliphatic hydroxyl groups is 1. The minimum atomic E-state index is -0.457. The van der Waals surface area contributed by atoms with Crippen LogP contribution in [-0.4, -0.2) is 55.6 Å². The molecule has 2 aromatic rings. The number of nitrogens with zero attached hydrogens (tertiary/aromatic N) is 4. The van der Waals surface area contributed by atoms with Crippen LogP contribution in [0, 0.1) is 0 Å². The van der Waals surface area contributed by atoms with Gasteiger partial charge in [-0.3, -0.25) is 18.7 Å². The van der Waals surface area contributed by atoms with Crippen LogP contribution in [0.4, 0.5) is 0 Å². The van der Waals surface area contributed by atoms with E-state index in [1.807, 2.05) is 0 Å². The van der Waals surface area contributed by atoms with E-state index in [0.29, 0.717) is 30.7 Å². The Bertz CT molecular complexity index is 1010. The number of aliphatic hydroxyl groups excluding tert-OH is 1. The molecule has 0 aliphatic carbocycles. The van der Waals surface area contributed by atoms with Crippen LogP contribution in [0.1, 0.15) is 64.7 Å². The predicted molar refractivity (Wildman–Crippen MR) is 128 cm³/mol. The van der Waals surface area contributed by atoms with Crippen LogP contribution < -0.4 is 16.6 Å². The highest BCUT2D eigenvalue weighted by molar-refractivity contribution is 5.76. The van der Waals surface area contributed by atoms with Crippen molar-refractivity contribution in [1.82, 2.24) is 24.0 Å². The Labute approximate surface area is 199 Å². The van der Waals surface area contributed by atoms with Crippen molar-refractivity contribution in [3.8, 4) is 0 Å². The molecular weight excluding hydrogens is 442 g/mol. The predicted octanol–water partition coefficient (Wildman–Crippen LogP) is 1.39. The molecule has 2 rings (SSSR count). The van der Waals surface area contributed by atoms with Gasteiger partial charge in [0.1, 0.15) is 6.61 Å². The van der Waals surface area contributed by atoms with Gasteiger partial charge >= 0.3 is 5.69 Å². The van der Waals surface area contributed by atoms with E-state index in [4.69, 9.17) is 9.78 Å². The Morgan fingerprint density at radius 2 is 1.71 bits per heavy atom. The third-order valence-electron chi connectivity index (χ3n) is 5.79. The van der Waals surface area contributed by atoms with E-state index in [0.717, 1.165) is 51.4 Å². The molecule has 34 heavy (non-hydrogen) atoms. The number of fused-ring (bicyclic) bond motifs is 1. The normalized spacial score (nSPS) is 12.4. The summed E-state index contributed by atoms with van der Waals surface area (Å²) < 4.78 is 4.38. The number of carbonyl (C=O) groups is 1. The molecule has 0 fully saturated rings. The molecule has 1 amide bonds. The molecule has 11 nitrogen and oxygen atoms in total. The van der Waals surface area contributed by atoms with E-state index >= 15 is 0 Å². The van der Waals surface area contributed by atoms with Gasteiger partial charge in [0.05, 0.1) is 25.6 Å². The summed E-state index contributed by atoms with van der Waals surface area (Å²) in [5, 5.41) is 12.0. The Balaban J connectivity index is 1.57. The molecule has 0 aliphatic heterocycles. The summed E-state index contributed by atoms with van der Waals surface area (Å²) in [5.74, 6) is -0.0927. The third kappa shape index (κ3) is 8.07. The maximum absolute atomic E-state index is 12.7. The summed E-state index contributed by atoms with van der Waals surface area (Å²) in [4.78, 5) is 50.9. The van der Waals surface area contributed by atoms with Gasteiger partial charge in [0.15, 0.2) is 11.2 Å². The van der Waals surface area contributed by atoms with E-state index in [2.05, 4.69) is 10.3 Å². The van der Waals surface area contributed by atoms with Crippen LogP contribution in [0.15, 0.2) is 15.9 Å². The maximum Gasteiger partial charge on any atom is 0.332 e. The molecule has 2 aromatic heterocycles. The SMILES string of the molecule is CCOOCC(CO)NC(=O)CCCCCCCCCCn1c(=O)c2c(ncn2C)n(C)c1=O. The van der Waals surface area contributed by atoms with Crippen molar-refractivity contribution in [2.24, 2.45) is 14.1 Å². The first-order chi connectivity index (χ1) is 16.4. The number of hydrogen-bond acceptors (Lipinski definition) is 7. The maximum atomic E-state index is 12.7. The molecule has 0 radical (unpaired) electrons. The number of nitrogens with one attached hydrogen (secondary N) is 1. The summed E-state index contributed by atoms with van der Waals surface area (Å²) in [5.41, 5.74) is 0.248. The van der Waals surface area contributed by atoms with Crippen LogP contribution in [0.5, 0.6) is 0 Å². The van der Waals surface area contributed by atoms with E-state index < -0.39 is 6.04 Å². The lowest BCUT2D eigenvalue weighted by atomic mass is 10.1. The lowest BCUT2D eigenvalue weighted by molar-refractivity contribution is -0.295. The van der Waals surface area contributed by atoms with Crippen LogP contribution >= 0.6 is 0 Å². The fourth-order valence-corrected chi connectivity index (χ4v) is 3.86. The van der Waals surface area contributed by atoms with Crippen LogP contribution in [0.2, 0.25) is 0 Å². The van der Waals surface area contributed by atoms with E-state index in [1.54, 1.807) is 31.9 Å². The number of imidazole rings is 1. The zero-order valence-electron chi connectivity index (χ0n) is 20.6. The van der Waals surface area contributed by atoms with Gasteiger partial charge in [0.2, 0.25) is 5.91 Å². The van der Waals surface area contributed by atoms with Crippen molar-refractivity contribution in [3.63, 3.8) is 0 Å². The first kappa shape index (κ1) is 27.7. The lowest BCUT2D eigenvalue weighted by Gasteiger charge is -2.15. The second-order valence-electron chi connectivity index (χ2n) is 8.54. The molecular formula is C23H39N5O6. The van der Waals surface area contributed by atoms with Crippen LogP contribution in [0.3, 0.4) is 0 Å². The van der Waals surface area contributed by atoms with E-state index in [1.165, 1.54) is 9.13 Å². The lowest BCUT2D eigenvalue weighted by Crippen LogP contribution is -2.40. The monoisotopic (exact) mass is 481 g/mol. The smallest absolute Gasteiger partial charge is 0.332 e. The number of aromatic nitrogens is 4. The highest BCUT2D eigenvalue weighted by Crippen LogP contribution is 2.10. The number of hydrogen-bond donors (Lipinski definition) is 2. The van der Waals surface area contributed by atoms with Gasteiger partial charge in [0, 0.05) is 27.1 Å². The molecule has 0 bridgehead atoms. The van der Waals surface area contributed by atoms with Gasteiger partial charge in [-0.25, -0.2) is 19.6 Å². The van der Waals surface area contributed by atoms with Gasteiger partial charge in [-0.15, -0.1) is 0 Å². The highest BCUT2D eigenvalue weighted by atomic mass is 17.2. The van der Waals surface area contributed by atoms with Gasteiger partial charge in [-0.1, -0.05) is 38.5 Å². The number of carbonyl (C=O) groups excluding carboxylic acids is 1. The van der Waals surface area contributed by atoms with Crippen molar-refractivity contribution < 1.29 is 19.7 Å². The Kier molecular flexibility index (Phi) is 12.0. The first-order valence-corrected chi connectivity index (χ1v) is 12.2. The fraction of sp³-hybridized carbons (Fsp3) is 0.739. The fourth-order valence-electron chi connectivity index (χ4n) is 3.86. The molecule has 0 aromatic carbocycles. The minimum Gasteiger partial charge on any atom is -0.394 e. The summed E-state index contributed by atoms with van der Waals surface area (Å²) in [6.07, 6.45) is 9.76. The average Bonchev–Trinajstić information content (AvgIpc) is 3.21. The number of unbranched alkanes of at least 4 members (excludes halogenated alkanes) is 7. The van der Waals surface area contributed by atoms with Crippen molar-refractivity contribution in [1.29, 1.82) is 0 Å². The molecule has 2 N–H and O–H groups in total.